The van der Waals surface area contributed by atoms with Crippen LogP contribution in [0.2, 0.25) is 0 Å². The van der Waals surface area contributed by atoms with Gasteiger partial charge in [-0.25, -0.2) is 4.39 Å². The fraction of sp³-hybridized carbons (Fsp3) is 0.222. The van der Waals surface area contributed by atoms with Crippen LogP contribution >= 0.6 is 0 Å². The van der Waals surface area contributed by atoms with Crippen LogP contribution in [-0.2, 0) is 4.79 Å². The first-order valence-electron chi connectivity index (χ1n) is 3.60. The van der Waals surface area contributed by atoms with Gasteiger partial charge in [-0.05, 0) is 19.1 Å². The van der Waals surface area contributed by atoms with E-state index in [0.29, 0.717) is 12.0 Å². The summed E-state index contributed by atoms with van der Waals surface area (Å²) in [6, 6.07) is 5.68. The van der Waals surface area contributed by atoms with Crippen LogP contribution in [0.3, 0.4) is 0 Å². The lowest BCUT2D eigenvalue weighted by Gasteiger charge is -2.07. The largest absolute Gasteiger partial charge is 0.483 e. The van der Waals surface area contributed by atoms with Gasteiger partial charge in [0.1, 0.15) is 11.6 Å². The normalized spacial score (nSPS) is 12.2. The Morgan fingerprint density at radius 3 is 2.92 bits per heavy atom. The molecule has 0 aliphatic carbocycles. The molecule has 0 saturated heterocycles. The predicted octanol–water partition coefficient (Wildman–Crippen LogP) is 1.79. The monoisotopic (exact) mass is 168 g/mol. The number of hydrogen-bond donors (Lipinski definition) is 0. The van der Waals surface area contributed by atoms with Gasteiger partial charge >= 0.3 is 0 Å². The van der Waals surface area contributed by atoms with Crippen molar-refractivity contribution in [2.24, 2.45) is 0 Å². The van der Waals surface area contributed by atoms with E-state index in [0.717, 1.165) is 0 Å². The maximum atomic E-state index is 12.6. The van der Waals surface area contributed by atoms with Crippen LogP contribution in [0.15, 0.2) is 24.3 Å². The lowest BCUT2D eigenvalue weighted by Crippen LogP contribution is -2.12. The molecule has 64 valence electrons. The molecule has 0 amide bonds. The van der Waals surface area contributed by atoms with Crippen molar-refractivity contribution in [1.82, 2.24) is 0 Å². The van der Waals surface area contributed by atoms with E-state index in [1.807, 2.05) is 0 Å². The molecule has 0 radical (unpaired) electrons. The first kappa shape index (κ1) is 8.71. The van der Waals surface area contributed by atoms with E-state index in [1.54, 1.807) is 13.0 Å². The number of carbonyl (C=O) groups is 1. The summed E-state index contributed by atoms with van der Waals surface area (Å²) in [7, 11) is 0. The average Bonchev–Trinajstić information content (AvgIpc) is 2.04. The summed E-state index contributed by atoms with van der Waals surface area (Å²) in [6.07, 6.45) is 0.122. The van der Waals surface area contributed by atoms with E-state index >= 15 is 0 Å². The lowest BCUT2D eigenvalue weighted by atomic mass is 10.3. The molecule has 12 heavy (non-hydrogen) atoms. The zero-order valence-corrected chi connectivity index (χ0v) is 6.66. The van der Waals surface area contributed by atoms with Crippen LogP contribution in [0.4, 0.5) is 4.39 Å². The maximum absolute atomic E-state index is 12.6. The molecule has 1 unspecified atom stereocenters. The van der Waals surface area contributed by atoms with Crippen molar-refractivity contribution in [1.29, 1.82) is 0 Å². The van der Waals surface area contributed by atoms with Gasteiger partial charge in [-0.1, -0.05) is 6.07 Å². The minimum Gasteiger partial charge on any atom is -0.483 e. The van der Waals surface area contributed by atoms with Gasteiger partial charge in [-0.3, -0.25) is 4.79 Å². The standard InChI is InChI=1S/C9H9FO2/c1-7(6-11)12-9-4-2-3-8(10)5-9/h2-7H,1H3. The summed E-state index contributed by atoms with van der Waals surface area (Å²) >= 11 is 0. The van der Waals surface area contributed by atoms with Crippen molar-refractivity contribution in [3.63, 3.8) is 0 Å². The first-order chi connectivity index (χ1) is 5.72. The number of halogens is 1. The average molecular weight is 168 g/mol. The zero-order chi connectivity index (χ0) is 8.97. The number of aldehydes is 1. The van der Waals surface area contributed by atoms with Crippen LogP contribution < -0.4 is 4.74 Å². The molecule has 2 nitrogen and oxygen atoms in total. The molecule has 0 fully saturated rings. The van der Waals surface area contributed by atoms with Crippen molar-refractivity contribution in [2.45, 2.75) is 13.0 Å². The highest BCUT2D eigenvalue weighted by molar-refractivity contribution is 5.55. The third kappa shape index (κ3) is 2.34. The third-order valence-corrected chi connectivity index (χ3v) is 1.31. The Bertz CT molecular complexity index is 273. The fourth-order valence-corrected chi connectivity index (χ4v) is 0.783. The van der Waals surface area contributed by atoms with E-state index in [1.165, 1.54) is 18.2 Å². The Kier molecular flexibility index (Phi) is 2.80. The summed E-state index contributed by atoms with van der Waals surface area (Å²) in [4.78, 5) is 10.2. The Labute approximate surface area is 70.0 Å². The van der Waals surface area contributed by atoms with Crippen LogP contribution in [0.25, 0.3) is 0 Å². The number of ether oxygens (including phenoxy) is 1. The quantitative estimate of drug-likeness (QED) is 0.643. The molecule has 0 aliphatic heterocycles. The highest BCUT2D eigenvalue weighted by Crippen LogP contribution is 2.12. The molecular formula is C9H9FO2. The molecule has 0 spiro atoms. The molecule has 0 aromatic heterocycles. The SMILES string of the molecule is CC(C=O)Oc1cccc(F)c1. The minimum absolute atomic E-state index is 0.370. The van der Waals surface area contributed by atoms with Gasteiger partial charge in [0.15, 0.2) is 12.4 Å². The predicted molar refractivity (Wildman–Crippen MR) is 42.6 cm³/mol. The fourth-order valence-electron chi connectivity index (χ4n) is 0.783. The highest BCUT2D eigenvalue weighted by atomic mass is 19.1. The number of hydrogen-bond acceptors (Lipinski definition) is 2. The molecule has 3 heteroatoms. The van der Waals surface area contributed by atoms with E-state index in [4.69, 9.17) is 4.74 Å². The van der Waals surface area contributed by atoms with E-state index in [2.05, 4.69) is 0 Å². The van der Waals surface area contributed by atoms with Gasteiger partial charge in [-0.2, -0.15) is 0 Å². The molecule has 0 saturated carbocycles. The summed E-state index contributed by atoms with van der Waals surface area (Å²) in [5, 5.41) is 0. The first-order valence-corrected chi connectivity index (χ1v) is 3.60. The number of carbonyl (C=O) groups excluding carboxylic acids is 1. The van der Waals surface area contributed by atoms with Crippen LogP contribution in [0.5, 0.6) is 5.75 Å². The van der Waals surface area contributed by atoms with Crippen molar-refractivity contribution in [3.05, 3.63) is 30.1 Å². The van der Waals surface area contributed by atoms with E-state index in [9.17, 15) is 9.18 Å². The second kappa shape index (κ2) is 3.85. The zero-order valence-electron chi connectivity index (χ0n) is 6.66. The second-order valence-corrected chi connectivity index (χ2v) is 2.42. The topological polar surface area (TPSA) is 26.3 Å². The maximum Gasteiger partial charge on any atom is 0.160 e. The van der Waals surface area contributed by atoms with Crippen molar-refractivity contribution < 1.29 is 13.9 Å². The molecule has 1 atom stereocenters. The Morgan fingerprint density at radius 2 is 2.33 bits per heavy atom. The molecule has 0 heterocycles. The molecule has 0 N–H and O–H groups in total. The molecular weight excluding hydrogens is 159 g/mol. The van der Waals surface area contributed by atoms with Gasteiger partial charge in [0.05, 0.1) is 0 Å². The van der Waals surface area contributed by atoms with Gasteiger partial charge in [0, 0.05) is 6.07 Å². The highest BCUT2D eigenvalue weighted by Gasteiger charge is 2.01. The third-order valence-electron chi connectivity index (χ3n) is 1.31. The minimum atomic E-state index is -0.535. The summed E-state index contributed by atoms with van der Waals surface area (Å²) in [5.41, 5.74) is 0. The Hall–Kier alpha value is -1.38. The summed E-state index contributed by atoms with van der Waals surface area (Å²) in [5.74, 6) is 0.000184. The molecule has 1 aromatic carbocycles. The van der Waals surface area contributed by atoms with Crippen LogP contribution in [0.1, 0.15) is 6.92 Å². The van der Waals surface area contributed by atoms with Gasteiger partial charge in [0.25, 0.3) is 0 Å². The van der Waals surface area contributed by atoms with Crippen LogP contribution in [-0.4, -0.2) is 12.4 Å². The molecule has 1 aromatic rings. The van der Waals surface area contributed by atoms with E-state index < -0.39 is 6.10 Å². The lowest BCUT2D eigenvalue weighted by molar-refractivity contribution is -0.113. The summed E-state index contributed by atoms with van der Waals surface area (Å²) in [6.45, 7) is 1.60. The van der Waals surface area contributed by atoms with Gasteiger partial charge in [0.2, 0.25) is 0 Å². The van der Waals surface area contributed by atoms with Gasteiger partial charge < -0.3 is 4.74 Å². The Balaban J connectivity index is 2.69. The molecule has 0 aliphatic rings. The van der Waals surface area contributed by atoms with Crippen molar-refractivity contribution >= 4 is 6.29 Å². The van der Waals surface area contributed by atoms with E-state index in [-0.39, 0.29) is 5.82 Å². The number of benzene rings is 1. The van der Waals surface area contributed by atoms with Crippen LogP contribution in [0, 0.1) is 5.82 Å². The Morgan fingerprint density at radius 1 is 1.58 bits per heavy atom. The molecule has 1 rings (SSSR count). The molecule has 0 bridgehead atoms. The van der Waals surface area contributed by atoms with Crippen molar-refractivity contribution in [3.8, 4) is 5.75 Å². The second-order valence-electron chi connectivity index (χ2n) is 2.42. The smallest absolute Gasteiger partial charge is 0.160 e. The van der Waals surface area contributed by atoms with Crippen molar-refractivity contribution in [2.75, 3.05) is 0 Å². The number of rotatable bonds is 3. The summed E-state index contributed by atoms with van der Waals surface area (Å²) < 4.78 is 17.6. The van der Waals surface area contributed by atoms with Gasteiger partial charge in [-0.15, -0.1) is 0 Å².